The number of hydrogen-bond acceptors (Lipinski definition) is 8. The van der Waals surface area contributed by atoms with E-state index in [1.54, 1.807) is 0 Å². The molecule has 0 N–H and O–H groups in total. The summed E-state index contributed by atoms with van der Waals surface area (Å²) in [6, 6.07) is 0. The van der Waals surface area contributed by atoms with Crippen molar-refractivity contribution < 1.29 is 35.0 Å². The molecule has 0 saturated heterocycles. The van der Waals surface area contributed by atoms with Gasteiger partial charge in [-0.1, -0.05) is 0 Å². The van der Waals surface area contributed by atoms with E-state index in [1.165, 1.54) is 0 Å². The average molecular weight is 625 g/mol. The SMILES string of the molecule is O=S(=O)([O-])[O-].O=S(=O)([O-])[O-].[Mg+2].[Tl+].[Tl+]. The van der Waals surface area contributed by atoms with Gasteiger partial charge in [0.25, 0.3) is 0 Å². The predicted molar refractivity (Wildman–Crippen MR) is 38.2 cm³/mol. The Kier molecular flexibility index (Phi) is 28.2. The molecule has 0 saturated carbocycles. The van der Waals surface area contributed by atoms with Gasteiger partial charge in [0.2, 0.25) is 0 Å². The number of hydrogen-bond donors (Lipinski definition) is 0. The van der Waals surface area contributed by atoms with Gasteiger partial charge in [-0.2, -0.15) is 0 Å². The molecule has 0 rings (SSSR count). The molecule has 68 valence electrons. The third-order valence-electron chi connectivity index (χ3n) is 0. The summed E-state index contributed by atoms with van der Waals surface area (Å²) in [5.74, 6) is 0. The molecule has 0 aromatic rings. The van der Waals surface area contributed by atoms with Gasteiger partial charge < -0.3 is 18.2 Å². The van der Waals surface area contributed by atoms with Crippen molar-refractivity contribution in [1.82, 2.24) is 0 Å². The molecular formula is MgO8S2Tl2. The fourth-order valence-electron chi connectivity index (χ4n) is 0. The Balaban J connectivity index is -0.0000000267. The quantitative estimate of drug-likeness (QED) is 0.151. The Labute approximate surface area is 131 Å². The molecule has 0 unspecified atom stereocenters. The van der Waals surface area contributed by atoms with Crippen LogP contribution in [0.1, 0.15) is 0 Å². The van der Waals surface area contributed by atoms with Crippen LogP contribution in [0.2, 0.25) is 0 Å². The zero-order valence-corrected chi connectivity index (χ0v) is 18.0. The van der Waals surface area contributed by atoms with Crippen molar-refractivity contribution in [1.29, 1.82) is 0 Å². The molecule has 0 radical (unpaired) electrons. The van der Waals surface area contributed by atoms with Gasteiger partial charge in [-0.05, 0) is 0 Å². The first-order valence-corrected chi connectivity index (χ1v) is 4.00. The average Bonchev–Trinajstić information content (AvgIpc) is 1.12. The Morgan fingerprint density at radius 1 is 0.615 bits per heavy atom. The molecule has 13 heteroatoms. The molecule has 13 heavy (non-hydrogen) atoms. The topological polar surface area (TPSA) is 161 Å². The zero-order valence-electron chi connectivity index (χ0n) is 5.94. The Hall–Kier alpha value is 2.35. The molecule has 0 aromatic heterocycles. The largest absolute Gasteiger partial charge is 2.00 e. The zero-order chi connectivity index (χ0) is 9.00. The van der Waals surface area contributed by atoms with Crippen LogP contribution in [-0.2, 0) is 20.8 Å². The Morgan fingerprint density at radius 2 is 0.615 bits per heavy atom. The first-order chi connectivity index (χ1) is 4.00. The minimum absolute atomic E-state index is 0. The second-order valence-electron chi connectivity index (χ2n) is 0.816. The van der Waals surface area contributed by atoms with E-state index in [0.29, 0.717) is 0 Å². The molecule has 0 aliphatic heterocycles. The van der Waals surface area contributed by atoms with Crippen LogP contribution in [-0.4, -0.2) is 113 Å². The van der Waals surface area contributed by atoms with E-state index in [0.717, 1.165) is 0 Å². The maximum absolute atomic E-state index is 8.52. The van der Waals surface area contributed by atoms with Crippen LogP contribution in [0.15, 0.2) is 0 Å². The second kappa shape index (κ2) is 12.4. The van der Waals surface area contributed by atoms with Crippen LogP contribution in [0, 0.1) is 0 Å². The van der Waals surface area contributed by atoms with Gasteiger partial charge in [0, 0.05) is 20.8 Å². The summed E-state index contributed by atoms with van der Waals surface area (Å²) in [5, 5.41) is 0. The Morgan fingerprint density at radius 3 is 0.615 bits per heavy atom. The van der Waals surface area contributed by atoms with Crippen molar-refractivity contribution in [3.63, 3.8) is 0 Å². The fraction of sp³-hybridized carbons (Fsp3) is 0. The monoisotopic (exact) mass is 626 g/mol. The third-order valence-corrected chi connectivity index (χ3v) is 0. The van der Waals surface area contributed by atoms with Crippen LogP contribution < -0.4 is 0 Å². The normalized spacial score (nSPS) is 8.92. The van der Waals surface area contributed by atoms with E-state index in [9.17, 15) is 0 Å². The second-order valence-corrected chi connectivity index (χ2v) is 2.45. The molecule has 0 amide bonds. The molecule has 0 aliphatic rings. The molecule has 0 spiro atoms. The van der Waals surface area contributed by atoms with Crippen molar-refractivity contribution in [2.75, 3.05) is 0 Å². The first kappa shape index (κ1) is 29.5. The van der Waals surface area contributed by atoms with Gasteiger partial charge in [-0.25, -0.2) is 0 Å². The Bertz CT molecular complexity index is 217. The van der Waals surface area contributed by atoms with Crippen molar-refractivity contribution in [3.05, 3.63) is 0 Å². The minimum atomic E-state index is -5.17. The minimum Gasteiger partial charge on any atom is -0.759 e. The van der Waals surface area contributed by atoms with Gasteiger partial charge in [0.05, 0.1) is 0 Å². The van der Waals surface area contributed by atoms with E-state index in [2.05, 4.69) is 0 Å². The summed E-state index contributed by atoms with van der Waals surface area (Å²) in [6.45, 7) is 0. The van der Waals surface area contributed by atoms with E-state index in [1.807, 2.05) is 0 Å². The molecule has 0 atom stereocenters. The third kappa shape index (κ3) is 396. The van der Waals surface area contributed by atoms with Gasteiger partial charge in [0.1, 0.15) is 0 Å². The van der Waals surface area contributed by atoms with E-state index in [-0.39, 0.29) is 77.7 Å². The molecule has 8 nitrogen and oxygen atoms in total. The molecule has 0 fully saturated rings. The maximum Gasteiger partial charge on any atom is 2.00 e. The van der Waals surface area contributed by atoms with E-state index < -0.39 is 20.8 Å². The van der Waals surface area contributed by atoms with Crippen molar-refractivity contribution in [2.45, 2.75) is 0 Å². The van der Waals surface area contributed by atoms with Gasteiger partial charge in [-0.15, -0.1) is 0 Å². The van der Waals surface area contributed by atoms with Crippen LogP contribution in [0.25, 0.3) is 0 Å². The van der Waals surface area contributed by atoms with Gasteiger partial charge >= 0.3 is 77.7 Å². The standard InChI is InChI=1S/Mg.2H2O4S.2Tl/c;2*1-5(2,3)4;;/h;2*(H2,1,2,3,4);;/q+2;;;2*+1/p-4. The number of rotatable bonds is 0. The van der Waals surface area contributed by atoms with E-state index in [4.69, 9.17) is 35.0 Å². The summed E-state index contributed by atoms with van der Waals surface area (Å²) in [7, 11) is -10.3. The molecule has 0 aliphatic carbocycles. The van der Waals surface area contributed by atoms with Crippen molar-refractivity contribution >= 4 is 98.4 Å². The summed E-state index contributed by atoms with van der Waals surface area (Å²) < 4.78 is 68.2. The summed E-state index contributed by atoms with van der Waals surface area (Å²) >= 11 is 0. The van der Waals surface area contributed by atoms with Crippen LogP contribution in [0.3, 0.4) is 0 Å². The molecular weight excluding hydrogens is 625 g/mol. The van der Waals surface area contributed by atoms with Gasteiger partial charge in [-0.3, -0.25) is 16.8 Å². The van der Waals surface area contributed by atoms with Crippen LogP contribution >= 0.6 is 0 Å². The summed E-state index contributed by atoms with van der Waals surface area (Å²) in [4.78, 5) is 0. The summed E-state index contributed by atoms with van der Waals surface area (Å²) in [5.41, 5.74) is 0. The molecule has 0 aromatic carbocycles. The van der Waals surface area contributed by atoms with Crippen LogP contribution in [0.4, 0.5) is 0 Å². The maximum atomic E-state index is 8.52. The fourth-order valence-corrected chi connectivity index (χ4v) is 0. The van der Waals surface area contributed by atoms with Crippen molar-refractivity contribution in [2.24, 2.45) is 0 Å². The van der Waals surface area contributed by atoms with Gasteiger partial charge in [0.15, 0.2) is 0 Å². The van der Waals surface area contributed by atoms with Crippen molar-refractivity contribution in [3.8, 4) is 0 Å². The van der Waals surface area contributed by atoms with E-state index >= 15 is 0 Å². The van der Waals surface area contributed by atoms with Crippen LogP contribution in [0.5, 0.6) is 0 Å². The molecule has 0 bridgehead atoms. The molecule has 0 heterocycles. The first-order valence-electron chi connectivity index (χ1n) is 1.33. The summed E-state index contributed by atoms with van der Waals surface area (Å²) in [6.07, 6.45) is 0. The smallest absolute Gasteiger partial charge is 0.759 e. The predicted octanol–water partition coefficient (Wildman–Crippen LogP) is -3.82.